The van der Waals surface area contributed by atoms with Crippen LogP contribution in [0.4, 0.5) is 5.69 Å². The molecule has 2 heterocycles. The van der Waals surface area contributed by atoms with Gasteiger partial charge in [0, 0.05) is 36.8 Å². The number of halogens is 1. The standard InChI is InChI=1S/C20H25ClN4O3/c1-13-15(21)4-3-5-16(13)22-17(26)12-25-10-8-20(27-2,9-11-25)19-23-18(24-28-19)14-6-7-14/h3-5,14H,6-12H2,1-2H3,(H,22,26). The Morgan fingerprint density at radius 1 is 1.39 bits per heavy atom. The van der Waals surface area contributed by atoms with Gasteiger partial charge in [-0.25, -0.2) is 0 Å². The number of likely N-dealkylation sites (tertiary alicyclic amines) is 1. The molecule has 2 fully saturated rings. The van der Waals surface area contributed by atoms with Gasteiger partial charge in [-0.3, -0.25) is 9.69 Å². The minimum absolute atomic E-state index is 0.0518. The number of methoxy groups -OCH3 is 1. The maximum atomic E-state index is 12.5. The molecule has 1 aliphatic heterocycles. The maximum Gasteiger partial charge on any atom is 0.258 e. The second-order valence-corrected chi connectivity index (χ2v) is 8.07. The van der Waals surface area contributed by atoms with Crippen molar-refractivity contribution in [1.29, 1.82) is 0 Å². The van der Waals surface area contributed by atoms with Crippen LogP contribution in [0.3, 0.4) is 0 Å². The number of aromatic nitrogens is 2. The molecular formula is C20H25ClN4O3. The largest absolute Gasteiger partial charge is 0.368 e. The van der Waals surface area contributed by atoms with E-state index >= 15 is 0 Å². The molecule has 4 rings (SSSR count). The summed E-state index contributed by atoms with van der Waals surface area (Å²) in [5.41, 5.74) is 1.06. The molecule has 0 radical (unpaired) electrons. The van der Waals surface area contributed by atoms with E-state index in [1.807, 2.05) is 25.1 Å². The van der Waals surface area contributed by atoms with Gasteiger partial charge in [0.15, 0.2) is 5.82 Å². The van der Waals surface area contributed by atoms with E-state index in [2.05, 4.69) is 20.4 Å². The number of carbonyl (C=O) groups is 1. The van der Waals surface area contributed by atoms with Gasteiger partial charge in [-0.2, -0.15) is 4.98 Å². The van der Waals surface area contributed by atoms with Crippen LogP contribution >= 0.6 is 11.6 Å². The highest BCUT2D eigenvalue weighted by Crippen LogP contribution is 2.41. The predicted octanol–water partition coefficient (Wildman–Crippen LogP) is 3.49. The molecule has 1 saturated carbocycles. The first-order valence-electron chi connectivity index (χ1n) is 9.67. The number of piperidine rings is 1. The number of ether oxygens (including phenoxy) is 1. The summed E-state index contributed by atoms with van der Waals surface area (Å²) < 4.78 is 11.3. The Labute approximate surface area is 169 Å². The van der Waals surface area contributed by atoms with Crippen LogP contribution in [-0.4, -0.2) is 47.7 Å². The summed E-state index contributed by atoms with van der Waals surface area (Å²) in [4.78, 5) is 19.2. The summed E-state index contributed by atoms with van der Waals surface area (Å²) >= 11 is 6.12. The van der Waals surface area contributed by atoms with Crippen molar-refractivity contribution >= 4 is 23.2 Å². The molecule has 1 aromatic carbocycles. The summed E-state index contributed by atoms with van der Waals surface area (Å²) in [5, 5.41) is 7.72. The number of rotatable bonds is 6. The molecule has 0 atom stereocenters. The second kappa shape index (κ2) is 7.81. The molecule has 8 heteroatoms. The summed E-state index contributed by atoms with van der Waals surface area (Å²) in [6.45, 7) is 3.66. The molecular weight excluding hydrogens is 380 g/mol. The molecule has 0 spiro atoms. The zero-order valence-electron chi connectivity index (χ0n) is 16.2. The summed E-state index contributed by atoms with van der Waals surface area (Å²) in [5.74, 6) is 1.76. The lowest BCUT2D eigenvalue weighted by atomic mass is 9.91. The number of hydrogen-bond donors (Lipinski definition) is 1. The first-order chi connectivity index (χ1) is 13.5. The van der Waals surface area contributed by atoms with Crippen LogP contribution in [0.15, 0.2) is 22.7 Å². The number of nitrogens with zero attached hydrogens (tertiary/aromatic N) is 3. The van der Waals surface area contributed by atoms with E-state index in [0.717, 1.165) is 43.0 Å². The van der Waals surface area contributed by atoms with Gasteiger partial charge in [-0.05, 0) is 50.3 Å². The second-order valence-electron chi connectivity index (χ2n) is 7.67. The molecule has 0 bridgehead atoms. The minimum atomic E-state index is -0.559. The van der Waals surface area contributed by atoms with Crippen LogP contribution in [0.25, 0.3) is 0 Å². The average molecular weight is 405 g/mol. The Morgan fingerprint density at radius 2 is 2.14 bits per heavy atom. The highest BCUT2D eigenvalue weighted by atomic mass is 35.5. The lowest BCUT2D eigenvalue weighted by Crippen LogP contribution is -2.46. The zero-order chi connectivity index (χ0) is 19.7. The SMILES string of the molecule is COC1(c2nc(C3CC3)no2)CCN(CC(=O)Nc2cccc(Cl)c2C)CC1. The van der Waals surface area contributed by atoms with Gasteiger partial charge in [0.2, 0.25) is 5.91 Å². The van der Waals surface area contributed by atoms with Crippen molar-refractivity contribution in [3.63, 3.8) is 0 Å². The third-order valence-electron chi connectivity index (χ3n) is 5.74. The first-order valence-corrected chi connectivity index (χ1v) is 10.0. The quantitative estimate of drug-likeness (QED) is 0.793. The smallest absolute Gasteiger partial charge is 0.258 e. The van der Waals surface area contributed by atoms with Crippen LogP contribution in [-0.2, 0) is 15.1 Å². The van der Waals surface area contributed by atoms with Gasteiger partial charge in [0.25, 0.3) is 5.89 Å². The van der Waals surface area contributed by atoms with Crippen molar-refractivity contribution in [3.05, 3.63) is 40.5 Å². The topological polar surface area (TPSA) is 80.5 Å². The fourth-order valence-electron chi connectivity index (χ4n) is 3.64. The summed E-state index contributed by atoms with van der Waals surface area (Å²) in [6, 6.07) is 5.51. The highest BCUT2D eigenvalue weighted by Gasteiger charge is 2.42. The van der Waals surface area contributed by atoms with Crippen LogP contribution in [0, 0.1) is 6.92 Å². The Bertz CT molecular complexity index is 857. The summed E-state index contributed by atoms with van der Waals surface area (Å²) in [6.07, 6.45) is 3.68. The Kier molecular flexibility index (Phi) is 5.40. The van der Waals surface area contributed by atoms with Crippen molar-refractivity contribution < 1.29 is 14.1 Å². The van der Waals surface area contributed by atoms with Gasteiger partial charge in [0.05, 0.1) is 6.54 Å². The van der Waals surface area contributed by atoms with Crippen LogP contribution in [0.1, 0.15) is 48.9 Å². The lowest BCUT2D eigenvalue weighted by molar-refractivity contribution is -0.120. The molecule has 1 N–H and O–H groups in total. The van der Waals surface area contributed by atoms with Gasteiger partial charge in [-0.15, -0.1) is 0 Å². The van der Waals surface area contributed by atoms with Crippen molar-refractivity contribution in [1.82, 2.24) is 15.0 Å². The number of benzene rings is 1. The van der Waals surface area contributed by atoms with Gasteiger partial charge >= 0.3 is 0 Å². The fourth-order valence-corrected chi connectivity index (χ4v) is 3.82. The summed E-state index contributed by atoms with van der Waals surface area (Å²) in [7, 11) is 1.69. The van der Waals surface area contributed by atoms with Crippen LogP contribution in [0.2, 0.25) is 5.02 Å². The van der Waals surface area contributed by atoms with E-state index in [-0.39, 0.29) is 5.91 Å². The van der Waals surface area contributed by atoms with Crippen molar-refractivity contribution in [3.8, 4) is 0 Å². The van der Waals surface area contributed by atoms with E-state index in [9.17, 15) is 4.79 Å². The maximum absolute atomic E-state index is 12.5. The van der Waals surface area contributed by atoms with Crippen LogP contribution in [0.5, 0.6) is 0 Å². The van der Waals surface area contributed by atoms with E-state index < -0.39 is 5.60 Å². The fraction of sp³-hybridized carbons (Fsp3) is 0.550. The van der Waals surface area contributed by atoms with Gasteiger partial charge in [-0.1, -0.05) is 22.8 Å². The normalized spacial score (nSPS) is 19.5. The molecule has 7 nitrogen and oxygen atoms in total. The third-order valence-corrected chi connectivity index (χ3v) is 6.15. The number of anilines is 1. The minimum Gasteiger partial charge on any atom is -0.368 e. The molecule has 2 aliphatic rings. The molecule has 150 valence electrons. The van der Waals surface area contributed by atoms with E-state index in [0.29, 0.717) is 36.2 Å². The Balaban J connectivity index is 1.35. The number of hydrogen-bond acceptors (Lipinski definition) is 6. The Hall–Kier alpha value is -1.96. The molecule has 1 aliphatic carbocycles. The van der Waals surface area contributed by atoms with E-state index in [1.165, 1.54) is 0 Å². The Morgan fingerprint density at radius 3 is 2.82 bits per heavy atom. The zero-order valence-corrected chi connectivity index (χ0v) is 17.0. The van der Waals surface area contributed by atoms with Gasteiger partial charge < -0.3 is 14.6 Å². The van der Waals surface area contributed by atoms with Gasteiger partial charge in [0.1, 0.15) is 5.60 Å². The van der Waals surface area contributed by atoms with Crippen LogP contribution < -0.4 is 5.32 Å². The molecule has 1 aromatic heterocycles. The van der Waals surface area contributed by atoms with Crippen molar-refractivity contribution in [2.45, 2.75) is 44.1 Å². The molecule has 1 saturated heterocycles. The van der Waals surface area contributed by atoms with Crippen molar-refractivity contribution in [2.75, 3.05) is 32.1 Å². The first kappa shape index (κ1) is 19.4. The number of amides is 1. The highest BCUT2D eigenvalue weighted by molar-refractivity contribution is 6.31. The van der Waals surface area contributed by atoms with Crippen molar-refractivity contribution in [2.24, 2.45) is 0 Å². The molecule has 2 aromatic rings. The lowest BCUT2D eigenvalue weighted by Gasteiger charge is -2.37. The third kappa shape index (κ3) is 3.92. The van der Waals surface area contributed by atoms with E-state index in [1.54, 1.807) is 7.11 Å². The number of carbonyl (C=O) groups excluding carboxylic acids is 1. The molecule has 28 heavy (non-hydrogen) atoms. The predicted molar refractivity (Wildman–Crippen MR) is 105 cm³/mol. The average Bonchev–Trinajstić information content (AvgIpc) is 3.43. The molecule has 0 unspecified atom stereocenters. The van der Waals surface area contributed by atoms with E-state index in [4.69, 9.17) is 20.9 Å². The number of nitrogens with one attached hydrogen (secondary N) is 1. The molecule has 1 amide bonds. The monoisotopic (exact) mass is 404 g/mol.